The van der Waals surface area contributed by atoms with Crippen LogP contribution in [-0.4, -0.2) is 36.1 Å². The third-order valence-corrected chi connectivity index (χ3v) is 5.21. The Balaban J connectivity index is 1.56. The predicted octanol–water partition coefficient (Wildman–Crippen LogP) is 3.68. The summed E-state index contributed by atoms with van der Waals surface area (Å²) in [4.78, 5) is 9.50. The molecule has 0 N–H and O–H groups in total. The number of piperazine rings is 1. The van der Waals surface area contributed by atoms with Gasteiger partial charge in [-0.15, -0.1) is 11.3 Å². The molecule has 2 heterocycles. The third-order valence-electron chi connectivity index (χ3n) is 3.85. The van der Waals surface area contributed by atoms with Crippen molar-refractivity contribution in [1.29, 1.82) is 0 Å². The van der Waals surface area contributed by atoms with Crippen LogP contribution in [0.1, 0.15) is 17.6 Å². The van der Waals surface area contributed by atoms with Crippen molar-refractivity contribution in [3.05, 3.63) is 45.4 Å². The molecule has 5 heteroatoms. The van der Waals surface area contributed by atoms with Crippen LogP contribution in [0.25, 0.3) is 0 Å². The van der Waals surface area contributed by atoms with E-state index in [-0.39, 0.29) is 0 Å². The fourth-order valence-corrected chi connectivity index (χ4v) is 3.66. The van der Waals surface area contributed by atoms with E-state index in [0.29, 0.717) is 0 Å². The Morgan fingerprint density at radius 1 is 1.19 bits per heavy atom. The number of halogens is 1. The summed E-state index contributed by atoms with van der Waals surface area (Å²) in [6.07, 6.45) is 1.03. The first-order valence-electron chi connectivity index (χ1n) is 7.41. The average molecular weight is 322 g/mol. The summed E-state index contributed by atoms with van der Waals surface area (Å²) in [5, 5.41) is 4.27. The van der Waals surface area contributed by atoms with Gasteiger partial charge in [-0.2, -0.15) is 0 Å². The highest BCUT2D eigenvalue weighted by Gasteiger charge is 2.19. The lowest BCUT2D eigenvalue weighted by atomic mass is 10.2. The number of thiazole rings is 1. The van der Waals surface area contributed by atoms with Crippen molar-refractivity contribution in [2.24, 2.45) is 0 Å². The highest BCUT2D eigenvalue weighted by Crippen LogP contribution is 2.26. The number of aromatic nitrogens is 1. The molecule has 21 heavy (non-hydrogen) atoms. The van der Waals surface area contributed by atoms with E-state index in [1.165, 1.54) is 10.7 Å². The fourth-order valence-electron chi connectivity index (χ4n) is 2.67. The maximum absolute atomic E-state index is 6.28. The Hall–Kier alpha value is -1.10. The van der Waals surface area contributed by atoms with Crippen molar-refractivity contribution in [2.75, 3.05) is 31.1 Å². The van der Waals surface area contributed by atoms with E-state index in [4.69, 9.17) is 11.6 Å². The molecule has 112 valence electrons. The molecule has 0 bridgehead atoms. The summed E-state index contributed by atoms with van der Waals surface area (Å²) in [6, 6.07) is 8.10. The highest BCUT2D eigenvalue weighted by molar-refractivity contribution is 7.09. The molecule has 1 fully saturated rings. The Morgan fingerprint density at radius 3 is 2.62 bits per heavy atom. The number of nitrogens with zero attached hydrogens (tertiary/aromatic N) is 3. The average Bonchev–Trinajstić information content (AvgIpc) is 2.96. The molecular formula is C16H20ClN3S. The van der Waals surface area contributed by atoms with Crippen LogP contribution in [0, 0.1) is 0 Å². The maximum Gasteiger partial charge on any atom is 0.0926 e. The molecule has 0 radical (unpaired) electrons. The number of benzene rings is 1. The largest absolute Gasteiger partial charge is 0.368 e. The molecule has 1 aromatic carbocycles. The molecular weight excluding hydrogens is 302 g/mol. The van der Waals surface area contributed by atoms with Crippen LogP contribution in [-0.2, 0) is 13.0 Å². The molecule has 1 saturated heterocycles. The lowest BCUT2D eigenvalue weighted by molar-refractivity contribution is 0.247. The van der Waals surface area contributed by atoms with Crippen molar-refractivity contribution < 1.29 is 0 Å². The van der Waals surface area contributed by atoms with Crippen LogP contribution in [0.3, 0.4) is 0 Å². The third kappa shape index (κ3) is 3.57. The molecule has 1 aromatic heterocycles. The number of anilines is 1. The van der Waals surface area contributed by atoms with Gasteiger partial charge in [-0.1, -0.05) is 30.7 Å². The molecule has 0 unspecified atom stereocenters. The smallest absolute Gasteiger partial charge is 0.0926 e. The lowest BCUT2D eigenvalue weighted by Crippen LogP contribution is -2.46. The van der Waals surface area contributed by atoms with Gasteiger partial charge in [-0.3, -0.25) is 4.90 Å². The zero-order valence-corrected chi connectivity index (χ0v) is 13.8. The fraction of sp³-hybridized carbons (Fsp3) is 0.438. The summed E-state index contributed by atoms with van der Waals surface area (Å²) in [5.41, 5.74) is 2.36. The van der Waals surface area contributed by atoms with Gasteiger partial charge in [0.1, 0.15) is 0 Å². The summed E-state index contributed by atoms with van der Waals surface area (Å²) in [6.45, 7) is 7.29. The summed E-state index contributed by atoms with van der Waals surface area (Å²) in [7, 11) is 0. The van der Waals surface area contributed by atoms with Gasteiger partial charge in [0, 0.05) is 38.1 Å². The van der Waals surface area contributed by atoms with Crippen LogP contribution < -0.4 is 4.90 Å². The second-order valence-electron chi connectivity index (χ2n) is 5.30. The molecule has 1 aliphatic rings. The molecule has 3 rings (SSSR count). The first kappa shape index (κ1) is 14.8. The van der Waals surface area contributed by atoms with Crippen molar-refractivity contribution in [3.63, 3.8) is 0 Å². The molecule has 1 aliphatic heterocycles. The van der Waals surface area contributed by atoms with E-state index >= 15 is 0 Å². The van der Waals surface area contributed by atoms with Crippen molar-refractivity contribution in [3.8, 4) is 0 Å². The molecule has 0 aliphatic carbocycles. The maximum atomic E-state index is 6.28. The number of aryl methyl sites for hydroxylation is 1. The monoisotopic (exact) mass is 321 g/mol. The Labute approximate surface area is 135 Å². The normalized spacial score (nSPS) is 16.4. The molecule has 0 amide bonds. The van der Waals surface area contributed by atoms with E-state index in [1.807, 2.05) is 12.1 Å². The van der Waals surface area contributed by atoms with Gasteiger partial charge in [0.2, 0.25) is 0 Å². The second kappa shape index (κ2) is 6.77. The summed E-state index contributed by atoms with van der Waals surface area (Å²) in [5.74, 6) is 0. The standard InChI is InChI=1S/C16H20ClN3S/c1-2-16-18-13(12-21-16)11-19-7-9-20(10-8-19)15-6-4-3-5-14(15)17/h3-6,12H,2,7-11H2,1H3. The minimum atomic E-state index is 0.845. The Bertz CT molecular complexity index is 591. The van der Waals surface area contributed by atoms with Crippen LogP contribution in [0.15, 0.2) is 29.6 Å². The molecule has 2 aromatic rings. The summed E-state index contributed by atoms with van der Waals surface area (Å²) >= 11 is 8.05. The number of hydrogen-bond acceptors (Lipinski definition) is 4. The topological polar surface area (TPSA) is 19.4 Å². The molecule has 0 spiro atoms. The second-order valence-corrected chi connectivity index (χ2v) is 6.65. The van der Waals surface area contributed by atoms with Crippen LogP contribution in [0.5, 0.6) is 0 Å². The van der Waals surface area contributed by atoms with Gasteiger partial charge in [-0.25, -0.2) is 4.98 Å². The number of para-hydroxylation sites is 1. The van der Waals surface area contributed by atoms with Crippen LogP contribution in [0.2, 0.25) is 5.02 Å². The van der Waals surface area contributed by atoms with Gasteiger partial charge in [0.15, 0.2) is 0 Å². The van der Waals surface area contributed by atoms with Crippen molar-refractivity contribution in [2.45, 2.75) is 19.9 Å². The first-order chi connectivity index (χ1) is 10.3. The minimum Gasteiger partial charge on any atom is -0.368 e. The van der Waals surface area contributed by atoms with Gasteiger partial charge in [0.05, 0.1) is 21.4 Å². The first-order valence-corrected chi connectivity index (χ1v) is 8.67. The number of rotatable bonds is 4. The molecule has 3 nitrogen and oxygen atoms in total. The molecule has 0 atom stereocenters. The van der Waals surface area contributed by atoms with E-state index in [9.17, 15) is 0 Å². The van der Waals surface area contributed by atoms with Crippen molar-refractivity contribution in [1.82, 2.24) is 9.88 Å². The van der Waals surface area contributed by atoms with Crippen LogP contribution >= 0.6 is 22.9 Å². The highest BCUT2D eigenvalue weighted by atomic mass is 35.5. The lowest BCUT2D eigenvalue weighted by Gasteiger charge is -2.36. The van der Waals surface area contributed by atoms with Gasteiger partial charge in [0.25, 0.3) is 0 Å². The predicted molar refractivity (Wildman–Crippen MR) is 90.4 cm³/mol. The quantitative estimate of drug-likeness (QED) is 0.856. The minimum absolute atomic E-state index is 0.845. The Kier molecular flexibility index (Phi) is 4.78. The Morgan fingerprint density at radius 2 is 1.95 bits per heavy atom. The zero-order valence-electron chi connectivity index (χ0n) is 12.3. The zero-order chi connectivity index (χ0) is 14.7. The van der Waals surface area contributed by atoms with E-state index in [2.05, 4.69) is 39.2 Å². The van der Waals surface area contributed by atoms with Crippen LogP contribution in [0.4, 0.5) is 5.69 Å². The van der Waals surface area contributed by atoms with Gasteiger partial charge >= 0.3 is 0 Å². The number of hydrogen-bond donors (Lipinski definition) is 0. The van der Waals surface area contributed by atoms with Gasteiger partial charge < -0.3 is 4.90 Å². The van der Waals surface area contributed by atoms with Gasteiger partial charge in [-0.05, 0) is 18.6 Å². The SMILES string of the molecule is CCc1nc(CN2CCN(c3ccccc3Cl)CC2)cs1. The summed E-state index contributed by atoms with van der Waals surface area (Å²) < 4.78 is 0. The van der Waals surface area contributed by atoms with E-state index in [1.54, 1.807) is 11.3 Å². The van der Waals surface area contributed by atoms with E-state index < -0.39 is 0 Å². The van der Waals surface area contributed by atoms with Crippen molar-refractivity contribution >= 4 is 28.6 Å². The molecule has 0 saturated carbocycles. The van der Waals surface area contributed by atoms with E-state index in [0.717, 1.165) is 49.9 Å².